The summed E-state index contributed by atoms with van der Waals surface area (Å²) >= 11 is 0. The molecule has 45 heavy (non-hydrogen) atoms. The minimum Gasteiger partial charge on any atom is -0.429 e. The Hall–Kier alpha value is -4.00. The van der Waals surface area contributed by atoms with Gasteiger partial charge in [0.1, 0.15) is 29.3 Å². The lowest BCUT2D eigenvalue weighted by atomic mass is 9.99. The second-order valence-corrected chi connectivity index (χ2v) is 10.3. The first-order valence-electron chi connectivity index (χ1n) is 13.9. The Morgan fingerprint density at radius 1 is 0.711 bits per heavy atom. The summed E-state index contributed by atoms with van der Waals surface area (Å²) in [7, 11) is 0. The number of hydrogen-bond acceptors (Lipinski definition) is 4. The summed E-state index contributed by atoms with van der Waals surface area (Å²) in [5.41, 5.74) is -1.77. The number of rotatable bonds is 10. The molecule has 0 saturated carbocycles. The van der Waals surface area contributed by atoms with Crippen molar-refractivity contribution in [1.82, 2.24) is 0 Å². The fraction of sp³-hybridized carbons (Fsp3) is 0.273. The topological polar surface area (TPSA) is 36.9 Å². The van der Waals surface area contributed by atoms with Gasteiger partial charge in [-0.3, -0.25) is 0 Å². The van der Waals surface area contributed by atoms with E-state index >= 15 is 0 Å². The van der Waals surface area contributed by atoms with Gasteiger partial charge in [-0.1, -0.05) is 31.5 Å². The molecule has 0 bridgehead atoms. The van der Waals surface area contributed by atoms with Crippen LogP contribution in [-0.2, 0) is 20.3 Å². The van der Waals surface area contributed by atoms with E-state index in [2.05, 4.69) is 4.74 Å². The fourth-order valence-electron chi connectivity index (χ4n) is 4.71. The summed E-state index contributed by atoms with van der Waals surface area (Å²) in [6, 6.07) is 9.91. The summed E-state index contributed by atoms with van der Waals surface area (Å²) in [6.07, 6.45) is -3.65. The zero-order chi connectivity index (χ0) is 32.3. The van der Waals surface area contributed by atoms with E-state index in [0.717, 1.165) is 49.2 Å². The standard InChI is InChI=1S/C33H26F8O4/c1-2-3-10-42-22-16-43-32(44-17-22)19-5-9-25(28(36)12-19)33(40,41)45-21-6-8-23(27(35)15-21)18-4-7-24(26(34)11-18)20-13-29(37)31(39)30(38)14-20/h4-9,11-15,22,32H,2-3,10,16-17H2,1H3. The van der Waals surface area contributed by atoms with Crippen LogP contribution in [-0.4, -0.2) is 25.9 Å². The Bertz CT molecular complexity index is 1650. The monoisotopic (exact) mass is 638 g/mol. The van der Waals surface area contributed by atoms with E-state index in [9.17, 15) is 35.1 Å². The molecule has 0 aliphatic carbocycles. The number of benzene rings is 4. The minimum atomic E-state index is -4.21. The summed E-state index contributed by atoms with van der Waals surface area (Å²) in [6.45, 7) is 2.93. The molecule has 0 spiro atoms. The molecule has 4 aromatic rings. The SMILES string of the molecule is CCCCOC1COC(c2ccc(C(F)(F)Oc3ccc(-c4ccc(-c5cc(F)c(F)c(F)c5)c(F)c4)c(F)c3)c(F)c2)OC1. The molecule has 1 aliphatic heterocycles. The van der Waals surface area contributed by atoms with Gasteiger partial charge in [0.15, 0.2) is 23.7 Å². The summed E-state index contributed by atoms with van der Waals surface area (Å²) < 4.78 is 136. The highest BCUT2D eigenvalue weighted by atomic mass is 19.3. The molecular weight excluding hydrogens is 612 g/mol. The first kappa shape index (κ1) is 32.4. The zero-order valence-electron chi connectivity index (χ0n) is 23.7. The predicted octanol–water partition coefficient (Wildman–Crippen LogP) is 9.21. The number of unbranched alkanes of at least 4 members (excludes halogenated alkanes) is 1. The predicted molar refractivity (Wildman–Crippen MR) is 147 cm³/mol. The van der Waals surface area contributed by atoms with Crippen LogP contribution >= 0.6 is 0 Å². The van der Waals surface area contributed by atoms with Crippen LogP contribution in [0.4, 0.5) is 35.1 Å². The van der Waals surface area contributed by atoms with Gasteiger partial charge in [0, 0.05) is 29.4 Å². The highest BCUT2D eigenvalue weighted by Crippen LogP contribution is 2.37. The largest absolute Gasteiger partial charge is 0.429 e. The Kier molecular flexibility index (Phi) is 9.76. The third-order valence-corrected chi connectivity index (χ3v) is 7.06. The van der Waals surface area contributed by atoms with Gasteiger partial charge in [-0.15, -0.1) is 0 Å². The Morgan fingerprint density at radius 2 is 1.33 bits per heavy atom. The van der Waals surface area contributed by atoms with E-state index in [4.69, 9.17) is 14.2 Å². The summed E-state index contributed by atoms with van der Waals surface area (Å²) in [4.78, 5) is 0. The maximum absolute atomic E-state index is 15.0. The van der Waals surface area contributed by atoms with Gasteiger partial charge < -0.3 is 18.9 Å². The van der Waals surface area contributed by atoms with Gasteiger partial charge in [-0.05, 0) is 60.0 Å². The van der Waals surface area contributed by atoms with E-state index in [-0.39, 0.29) is 47.1 Å². The van der Waals surface area contributed by atoms with E-state index < -0.39 is 58.6 Å². The molecule has 1 saturated heterocycles. The second kappa shape index (κ2) is 13.6. The molecular formula is C33H26F8O4. The van der Waals surface area contributed by atoms with E-state index in [1.54, 1.807) is 0 Å². The summed E-state index contributed by atoms with van der Waals surface area (Å²) in [5.74, 6) is -8.78. The van der Waals surface area contributed by atoms with Crippen molar-refractivity contribution in [2.75, 3.05) is 19.8 Å². The maximum Gasteiger partial charge on any atom is 0.429 e. The van der Waals surface area contributed by atoms with E-state index in [0.29, 0.717) is 24.8 Å². The lowest BCUT2D eigenvalue weighted by molar-refractivity contribution is -0.230. The molecule has 1 heterocycles. The number of alkyl halides is 2. The minimum absolute atomic E-state index is 0.0391. The van der Waals surface area contributed by atoms with Gasteiger partial charge in [-0.2, -0.15) is 8.78 Å². The molecule has 4 nitrogen and oxygen atoms in total. The van der Waals surface area contributed by atoms with Crippen molar-refractivity contribution in [2.24, 2.45) is 0 Å². The average molecular weight is 639 g/mol. The molecule has 1 fully saturated rings. The van der Waals surface area contributed by atoms with Crippen LogP contribution in [0.25, 0.3) is 22.3 Å². The van der Waals surface area contributed by atoms with E-state index in [1.807, 2.05) is 6.92 Å². The van der Waals surface area contributed by atoms with Crippen molar-refractivity contribution in [1.29, 1.82) is 0 Å². The van der Waals surface area contributed by atoms with Gasteiger partial charge >= 0.3 is 6.11 Å². The molecule has 0 N–H and O–H groups in total. The molecule has 238 valence electrons. The smallest absolute Gasteiger partial charge is 0.429 e. The molecule has 0 unspecified atom stereocenters. The van der Waals surface area contributed by atoms with Crippen LogP contribution in [0.2, 0.25) is 0 Å². The third kappa shape index (κ3) is 7.29. The van der Waals surface area contributed by atoms with E-state index in [1.165, 1.54) is 12.1 Å². The van der Waals surface area contributed by atoms with Crippen LogP contribution in [0.5, 0.6) is 5.75 Å². The molecule has 0 radical (unpaired) electrons. The lowest BCUT2D eigenvalue weighted by Gasteiger charge is -2.30. The highest BCUT2D eigenvalue weighted by molar-refractivity contribution is 5.72. The Labute approximate surface area is 253 Å². The maximum atomic E-state index is 15.0. The van der Waals surface area contributed by atoms with Gasteiger partial charge in [0.2, 0.25) is 0 Å². The van der Waals surface area contributed by atoms with Crippen LogP contribution in [0, 0.1) is 34.9 Å². The molecule has 12 heteroatoms. The lowest BCUT2D eigenvalue weighted by Crippen LogP contribution is -2.34. The highest BCUT2D eigenvalue weighted by Gasteiger charge is 2.38. The van der Waals surface area contributed by atoms with Crippen molar-refractivity contribution in [3.8, 4) is 28.0 Å². The normalized spacial score (nSPS) is 17.0. The first-order chi connectivity index (χ1) is 21.5. The molecule has 4 aromatic carbocycles. The van der Waals surface area contributed by atoms with Gasteiger partial charge in [0.05, 0.1) is 18.8 Å². The zero-order valence-corrected chi connectivity index (χ0v) is 23.7. The van der Waals surface area contributed by atoms with Gasteiger partial charge in [-0.25, -0.2) is 26.3 Å². The molecule has 0 amide bonds. The van der Waals surface area contributed by atoms with Gasteiger partial charge in [0.25, 0.3) is 0 Å². The van der Waals surface area contributed by atoms with Crippen LogP contribution in [0.1, 0.15) is 37.2 Å². The van der Waals surface area contributed by atoms with Crippen LogP contribution < -0.4 is 4.74 Å². The fourth-order valence-corrected chi connectivity index (χ4v) is 4.71. The molecule has 0 atom stereocenters. The number of ether oxygens (including phenoxy) is 4. The van der Waals surface area contributed by atoms with Crippen LogP contribution in [0.15, 0.2) is 66.7 Å². The summed E-state index contributed by atoms with van der Waals surface area (Å²) in [5, 5.41) is 0. The Morgan fingerprint density at radius 3 is 1.96 bits per heavy atom. The first-order valence-corrected chi connectivity index (χ1v) is 13.9. The molecule has 0 aromatic heterocycles. The quantitative estimate of drug-likeness (QED) is 0.0986. The Balaban J connectivity index is 1.27. The third-order valence-electron chi connectivity index (χ3n) is 7.06. The van der Waals surface area contributed by atoms with Crippen molar-refractivity contribution < 1.29 is 54.1 Å². The van der Waals surface area contributed by atoms with Crippen molar-refractivity contribution in [2.45, 2.75) is 38.3 Å². The molecule has 5 rings (SSSR count). The van der Waals surface area contributed by atoms with Crippen molar-refractivity contribution in [3.05, 3.63) is 113 Å². The van der Waals surface area contributed by atoms with Crippen molar-refractivity contribution in [3.63, 3.8) is 0 Å². The van der Waals surface area contributed by atoms with Crippen molar-refractivity contribution >= 4 is 0 Å². The van der Waals surface area contributed by atoms with Crippen LogP contribution in [0.3, 0.4) is 0 Å². The molecule has 1 aliphatic rings. The number of hydrogen-bond donors (Lipinski definition) is 0. The second-order valence-electron chi connectivity index (χ2n) is 10.3. The number of halogens is 8. The average Bonchev–Trinajstić information content (AvgIpc) is 3.00.